The van der Waals surface area contributed by atoms with Crippen molar-refractivity contribution in [2.24, 2.45) is 0 Å². The molecule has 1 aromatic carbocycles. The SMILES string of the molecule is CC(NC(=O)CN1CC[C@H](O)C1)c1ccc(Cl)cc1Cl. The number of aliphatic hydroxyl groups is 1. The van der Waals surface area contributed by atoms with Gasteiger partial charge in [0.2, 0.25) is 5.91 Å². The second-order valence-corrected chi connectivity index (χ2v) is 5.98. The third kappa shape index (κ3) is 4.09. The standard InChI is InChI=1S/C14H18Cl2N2O2/c1-9(12-3-2-10(15)6-13(12)16)17-14(20)8-18-5-4-11(19)7-18/h2-3,6,9,11,19H,4-5,7-8H2,1H3,(H,17,20)/t9?,11-/m0/s1. The van der Waals surface area contributed by atoms with Crippen LogP contribution in [0.5, 0.6) is 0 Å². The lowest BCUT2D eigenvalue weighted by atomic mass is 10.1. The Bertz CT molecular complexity index is 496. The van der Waals surface area contributed by atoms with Crippen LogP contribution in [0.4, 0.5) is 0 Å². The van der Waals surface area contributed by atoms with Gasteiger partial charge in [0.05, 0.1) is 18.7 Å². The molecule has 0 radical (unpaired) electrons. The maximum Gasteiger partial charge on any atom is 0.234 e. The normalized spacial score (nSPS) is 20.9. The van der Waals surface area contributed by atoms with Crippen molar-refractivity contribution < 1.29 is 9.90 Å². The van der Waals surface area contributed by atoms with Gasteiger partial charge in [-0.25, -0.2) is 0 Å². The molecule has 1 unspecified atom stereocenters. The molecule has 1 aromatic rings. The number of halogens is 2. The van der Waals surface area contributed by atoms with E-state index in [1.807, 2.05) is 17.9 Å². The Morgan fingerprint density at radius 3 is 2.90 bits per heavy atom. The van der Waals surface area contributed by atoms with Crippen LogP contribution in [0.15, 0.2) is 18.2 Å². The summed E-state index contributed by atoms with van der Waals surface area (Å²) < 4.78 is 0. The minimum Gasteiger partial charge on any atom is -0.392 e. The molecule has 1 saturated heterocycles. The van der Waals surface area contributed by atoms with E-state index in [2.05, 4.69) is 5.32 Å². The highest BCUT2D eigenvalue weighted by atomic mass is 35.5. The van der Waals surface area contributed by atoms with E-state index >= 15 is 0 Å². The quantitative estimate of drug-likeness (QED) is 0.895. The van der Waals surface area contributed by atoms with E-state index < -0.39 is 0 Å². The smallest absolute Gasteiger partial charge is 0.234 e. The van der Waals surface area contributed by atoms with E-state index in [1.165, 1.54) is 0 Å². The van der Waals surface area contributed by atoms with Crippen LogP contribution in [0.2, 0.25) is 10.0 Å². The van der Waals surface area contributed by atoms with Gasteiger partial charge in [0.25, 0.3) is 0 Å². The largest absolute Gasteiger partial charge is 0.392 e. The van der Waals surface area contributed by atoms with E-state index in [0.717, 1.165) is 18.5 Å². The molecule has 1 aliphatic heterocycles. The molecule has 0 bridgehead atoms. The highest BCUT2D eigenvalue weighted by Gasteiger charge is 2.22. The molecular weight excluding hydrogens is 299 g/mol. The van der Waals surface area contributed by atoms with Gasteiger partial charge in [0, 0.05) is 23.1 Å². The first-order chi connectivity index (χ1) is 9.45. The lowest BCUT2D eigenvalue weighted by molar-refractivity contribution is -0.122. The lowest BCUT2D eigenvalue weighted by Gasteiger charge is -2.19. The van der Waals surface area contributed by atoms with Gasteiger partial charge >= 0.3 is 0 Å². The molecule has 0 spiro atoms. The second kappa shape index (κ2) is 6.76. The van der Waals surface area contributed by atoms with Gasteiger partial charge in [-0.15, -0.1) is 0 Å². The zero-order valence-corrected chi connectivity index (χ0v) is 12.8. The van der Waals surface area contributed by atoms with Crippen LogP contribution in [0, 0.1) is 0 Å². The highest BCUT2D eigenvalue weighted by Crippen LogP contribution is 2.26. The number of carbonyl (C=O) groups excluding carboxylic acids is 1. The molecule has 2 N–H and O–H groups in total. The Kier molecular flexibility index (Phi) is 5.27. The summed E-state index contributed by atoms with van der Waals surface area (Å²) in [6.07, 6.45) is 0.414. The van der Waals surface area contributed by atoms with Gasteiger partial charge < -0.3 is 10.4 Å². The van der Waals surface area contributed by atoms with Gasteiger partial charge in [-0.2, -0.15) is 0 Å². The maximum atomic E-state index is 12.0. The van der Waals surface area contributed by atoms with Crippen molar-refractivity contribution in [3.05, 3.63) is 33.8 Å². The molecule has 1 fully saturated rings. The number of carbonyl (C=O) groups is 1. The molecule has 2 atom stereocenters. The molecular formula is C14H18Cl2N2O2. The summed E-state index contributed by atoms with van der Waals surface area (Å²) in [5, 5.41) is 13.5. The molecule has 1 amide bonds. The molecule has 0 aromatic heterocycles. The third-order valence-electron chi connectivity index (χ3n) is 3.42. The molecule has 1 aliphatic rings. The van der Waals surface area contributed by atoms with Gasteiger partial charge in [-0.1, -0.05) is 29.3 Å². The molecule has 110 valence electrons. The number of hydrogen-bond acceptors (Lipinski definition) is 3. The average Bonchev–Trinajstić information content (AvgIpc) is 2.74. The minimum absolute atomic E-state index is 0.0717. The fourth-order valence-electron chi connectivity index (χ4n) is 2.38. The van der Waals surface area contributed by atoms with E-state index in [1.54, 1.807) is 12.1 Å². The van der Waals surface area contributed by atoms with E-state index in [-0.39, 0.29) is 18.1 Å². The highest BCUT2D eigenvalue weighted by molar-refractivity contribution is 6.35. The minimum atomic E-state index is -0.314. The number of amides is 1. The number of nitrogens with one attached hydrogen (secondary N) is 1. The van der Waals surface area contributed by atoms with Crippen molar-refractivity contribution in [2.75, 3.05) is 19.6 Å². The Morgan fingerprint density at radius 2 is 2.30 bits per heavy atom. The first kappa shape index (κ1) is 15.6. The predicted molar refractivity (Wildman–Crippen MR) is 80.1 cm³/mol. The van der Waals surface area contributed by atoms with Crippen LogP contribution in [-0.2, 0) is 4.79 Å². The zero-order valence-electron chi connectivity index (χ0n) is 11.3. The molecule has 20 heavy (non-hydrogen) atoms. The van der Waals surface area contributed by atoms with Gasteiger partial charge in [0.15, 0.2) is 0 Å². The maximum absolute atomic E-state index is 12.0. The summed E-state index contributed by atoms with van der Waals surface area (Å²) in [6.45, 7) is 3.49. The number of rotatable bonds is 4. The summed E-state index contributed by atoms with van der Waals surface area (Å²) in [4.78, 5) is 13.9. The lowest BCUT2D eigenvalue weighted by Crippen LogP contribution is -2.37. The fraction of sp³-hybridized carbons (Fsp3) is 0.500. The third-order valence-corrected chi connectivity index (χ3v) is 3.98. The molecule has 2 rings (SSSR count). The van der Waals surface area contributed by atoms with Crippen LogP contribution in [0.25, 0.3) is 0 Å². The Balaban J connectivity index is 1.90. The monoisotopic (exact) mass is 316 g/mol. The molecule has 0 aliphatic carbocycles. The van der Waals surface area contributed by atoms with Crippen molar-refractivity contribution in [1.82, 2.24) is 10.2 Å². The summed E-state index contributed by atoms with van der Waals surface area (Å²) in [6, 6.07) is 5.05. The Hall–Kier alpha value is -0.810. The van der Waals surface area contributed by atoms with Crippen molar-refractivity contribution >= 4 is 29.1 Å². The van der Waals surface area contributed by atoms with Gasteiger partial charge in [-0.05, 0) is 31.0 Å². The van der Waals surface area contributed by atoms with Crippen LogP contribution in [-0.4, -0.2) is 41.7 Å². The average molecular weight is 317 g/mol. The summed E-state index contributed by atoms with van der Waals surface area (Å²) in [5.74, 6) is -0.0717. The number of likely N-dealkylation sites (tertiary alicyclic amines) is 1. The molecule has 1 heterocycles. The summed E-state index contributed by atoms with van der Waals surface area (Å²) in [7, 11) is 0. The molecule has 6 heteroatoms. The molecule has 0 saturated carbocycles. The topological polar surface area (TPSA) is 52.6 Å². The summed E-state index contributed by atoms with van der Waals surface area (Å²) in [5.41, 5.74) is 0.839. The number of aliphatic hydroxyl groups excluding tert-OH is 1. The van der Waals surface area contributed by atoms with Crippen molar-refractivity contribution in [1.29, 1.82) is 0 Å². The van der Waals surface area contributed by atoms with E-state index in [9.17, 15) is 9.90 Å². The fourth-order valence-corrected chi connectivity index (χ4v) is 2.95. The first-order valence-electron chi connectivity index (χ1n) is 6.60. The first-order valence-corrected chi connectivity index (χ1v) is 7.36. The van der Waals surface area contributed by atoms with Gasteiger partial charge in [-0.3, -0.25) is 9.69 Å². The zero-order chi connectivity index (χ0) is 14.7. The van der Waals surface area contributed by atoms with Crippen LogP contribution >= 0.6 is 23.2 Å². The van der Waals surface area contributed by atoms with E-state index in [0.29, 0.717) is 23.1 Å². The number of nitrogens with zero attached hydrogens (tertiary/aromatic N) is 1. The van der Waals surface area contributed by atoms with Crippen molar-refractivity contribution in [3.63, 3.8) is 0 Å². The Labute approximate surface area is 128 Å². The number of benzene rings is 1. The summed E-state index contributed by atoms with van der Waals surface area (Å²) >= 11 is 12.0. The number of hydrogen-bond donors (Lipinski definition) is 2. The van der Waals surface area contributed by atoms with Crippen LogP contribution < -0.4 is 5.32 Å². The Morgan fingerprint density at radius 1 is 1.55 bits per heavy atom. The van der Waals surface area contributed by atoms with Crippen LogP contribution in [0.3, 0.4) is 0 Å². The van der Waals surface area contributed by atoms with Crippen molar-refractivity contribution in [2.45, 2.75) is 25.5 Å². The van der Waals surface area contributed by atoms with Gasteiger partial charge in [0.1, 0.15) is 0 Å². The van der Waals surface area contributed by atoms with Crippen molar-refractivity contribution in [3.8, 4) is 0 Å². The van der Waals surface area contributed by atoms with Crippen LogP contribution in [0.1, 0.15) is 24.9 Å². The second-order valence-electron chi connectivity index (χ2n) is 5.13. The van der Waals surface area contributed by atoms with E-state index in [4.69, 9.17) is 23.2 Å². The predicted octanol–water partition coefficient (Wildman–Crippen LogP) is 2.24. The number of β-amino-alcohol motifs (C(OH)–C–C–N with tert-alkyl or cyclic N) is 1. The molecule has 4 nitrogen and oxygen atoms in total.